The van der Waals surface area contributed by atoms with Crippen molar-refractivity contribution in [3.63, 3.8) is 0 Å². The first-order valence-corrected chi connectivity index (χ1v) is 14.6. The van der Waals surface area contributed by atoms with Crippen LogP contribution in [0.3, 0.4) is 0 Å². The van der Waals surface area contributed by atoms with E-state index in [1.165, 1.54) is 18.9 Å². The standard InChI is InChI=1S/C33H28N4O6S/c1-18-27(36-15-9-8-12-25(36)34-18)29(39)26-28(37(32(41)30(26)40)33-35-19(2)31(44-33)20(3)38)22-13-14-23(24(16-22)42-4)43-17-21-10-6-5-7-11-21/h5-16,28,39H,17H2,1-4H3. The van der Waals surface area contributed by atoms with Gasteiger partial charge >= 0.3 is 5.91 Å². The molecule has 0 spiro atoms. The monoisotopic (exact) mass is 608 g/mol. The summed E-state index contributed by atoms with van der Waals surface area (Å²) in [6.07, 6.45) is 1.72. The highest BCUT2D eigenvalue weighted by atomic mass is 32.1. The fourth-order valence-corrected chi connectivity index (χ4v) is 6.38. The Morgan fingerprint density at radius 1 is 0.977 bits per heavy atom. The van der Waals surface area contributed by atoms with Crippen LogP contribution in [0.2, 0.25) is 0 Å². The molecule has 0 radical (unpaired) electrons. The van der Waals surface area contributed by atoms with Gasteiger partial charge in [-0.05, 0) is 49.2 Å². The molecule has 222 valence electrons. The molecule has 2 aromatic carbocycles. The van der Waals surface area contributed by atoms with E-state index in [0.717, 1.165) is 16.9 Å². The number of hydrogen-bond acceptors (Lipinski definition) is 9. The van der Waals surface area contributed by atoms with Gasteiger partial charge in [-0.1, -0.05) is 53.8 Å². The van der Waals surface area contributed by atoms with Crippen LogP contribution in [0.4, 0.5) is 5.13 Å². The molecule has 0 bridgehead atoms. The molecule has 1 saturated heterocycles. The van der Waals surface area contributed by atoms with Crippen molar-refractivity contribution in [3.05, 3.63) is 112 Å². The number of carbonyl (C=O) groups excluding carboxylic acids is 3. The number of ketones is 2. The third-order valence-electron chi connectivity index (χ3n) is 7.42. The molecule has 0 aliphatic carbocycles. The van der Waals surface area contributed by atoms with E-state index in [-0.39, 0.29) is 27.9 Å². The Morgan fingerprint density at radius 2 is 1.73 bits per heavy atom. The molecule has 1 N–H and O–H groups in total. The summed E-state index contributed by atoms with van der Waals surface area (Å²) in [7, 11) is 1.50. The van der Waals surface area contributed by atoms with Crippen molar-refractivity contribution in [2.24, 2.45) is 0 Å². The second-order valence-electron chi connectivity index (χ2n) is 10.3. The summed E-state index contributed by atoms with van der Waals surface area (Å²) in [6.45, 7) is 5.11. The maximum Gasteiger partial charge on any atom is 0.301 e. The Balaban J connectivity index is 1.52. The molecular formula is C33H28N4O6S. The number of methoxy groups -OCH3 is 1. The van der Waals surface area contributed by atoms with Gasteiger partial charge < -0.3 is 14.6 Å². The number of amides is 1. The van der Waals surface area contributed by atoms with E-state index < -0.39 is 17.7 Å². The molecule has 44 heavy (non-hydrogen) atoms. The highest BCUT2D eigenvalue weighted by molar-refractivity contribution is 7.18. The van der Waals surface area contributed by atoms with Crippen molar-refractivity contribution >= 4 is 45.3 Å². The van der Waals surface area contributed by atoms with Gasteiger partial charge in [0.15, 0.2) is 28.2 Å². The van der Waals surface area contributed by atoms with Crippen LogP contribution < -0.4 is 14.4 Å². The van der Waals surface area contributed by atoms with Crippen molar-refractivity contribution < 1.29 is 29.0 Å². The van der Waals surface area contributed by atoms with Crippen LogP contribution in [-0.4, -0.2) is 44.1 Å². The van der Waals surface area contributed by atoms with Crippen LogP contribution in [0, 0.1) is 13.8 Å². The summed E-state index contributed by atoms with van der Waals surface area (Å²) in [6, 6.07) is 19.0. The smallest absolute Gasteiger partial charge is 0.301 e. The predicted molar refractivity (Wildman–Crippen MR) is 165 cm³/mol. The summed E-state index contributed by atoms with van der Waals surface area (Å²) >= 11 is 1.02. The summed E-state index contributed by atoms with van der Waals surface area (Å²) in [5, 5.41) is 12.0. The highest BCUT2D eigenvalue weighted by Crippen LogP contribution is 2.46. The number of rotatable bonds is 8. The predicted octanol–water partition coefficient (Wildman–Crippen LogP) is 5.82. The Bertz CT molecular complexity index is 1980. The average Bonchev–Trinajstić information content (AvgIpc) is 3.66. The van der Waals surface area contributed by atoms with E-state index >= 15 is 0 Å². The Labute approximate surface area is 256 Å². The number of aliphatic hydroxyl groups excluding tert-OH is 1. The van der Waals surface area contributed by atoms with Crippen molar-refractivity contribution in [1.29, 1.82) is 0 Å². The third-order valence-corrected chi connectivity index (χ3v) is 8.68. The number of benzene rings is 2. The number of ether oxygens (including phenoxy) is 2. The SMILES string of the molecule is COc1cc(C2C(=C(O)c3c(C)nc4ccccn34)C(=O)C(=O)N2c2nc(C)c(C(C)=O)s2)ccc1OCc1ccccc1. The zero-order valence-electron chi connectivity index (χ0n) is 24.4. The number of Topliss-reactive ketones (excluding diaryl/α,β-unsaturated/α-hetero) is 2. The van der Waals surface area contributed by atoms with E-state index in [0.29, 0.717) is 45.6 Å². The lowest BCUT2D eigenvalue weighted by Crippen LogP contribution is -2.29. The first-order valence-electron chi connectivity index (χ1n) is 13.8. The van der Waals surface area contributed by atoms with Gasteiger partial charge in [0.1, 0.15) is 17.9 Å². The number of carbonyl (C=O) groups is 3. The second kappa shape index (κ2) is 11.4. The summed E-state index contributed by atoms with van der Waals surface area (Å²) in [5.41, 5.74) is 3.08. The minimum absolute atomic E-state index is 0.138. The average molecular weight is 609 g/mol. The lowest BCUT2D eigenvalue weighted by atomic mass is 9.96. The van der Waals surface area contributed by atoms with E-state index in [1.807, 2.05) is 36.4 Å². The number of thiazole rings is 1. The summed E-state index contributed by atoms with van der Waals surface area (Å²) in [4.78, 5) is 50.4. The number of aromatic nitrogens is 3. The van der Waals surface area contributed by atoms with Gasteiger partial charge in [0.25, 0.3) is 5.78 Å². The largest absolute Gasteiger partial charge is 0.505 e. The third kappa shape index (κ3) is 4.90. The molecule has 1 aliphatic heterocycles. The van der Waals surface area contributed by atoms with E-state index in [4.69, 9.17) is 9.47 Å². The van der Waals surface area contributed by atoms with Gasteiger partial charge in [-0.15, -0.1) is 0 Å². The number of nitrogens with zero attached hydrogens (tertiary/aromatic N) is 4. The Hall–Kier alpha value is -5.29. The van der Waals surface area contributed by atoms with Crippen LogP contribution >= 0.6 is 11.3 Å². The molecule has 11 heteroatoms. The normalized spacial score (nSPS) is 16.1. The second-order valence-corrected chi connectivity index (χ2v) is 11.3. The van der Waals surface area contributed by atoms with Crippen LogP contribution in [-0.2, 0) is 16.2 Å². The minimum atomic E-state index is -1.09. The highest BCUT2D eigenvalue weighted by Gasteiger charge is 2.49. The summed E-state index contributed by atoms with van der Waals surface area (Å²) < 4.78 is 13.4. The molecule has 5 aromatic rings. The van der Waals surface area contributed by atoms with E-state index in [2.05, 4.69) is 9.97 Å². The van der Waals surface area contributed by atoms with Gasteiger partial charge in [-0.25, -0.2) is 9.97 Å². The van der Waals surface area contributed by atoms with Gasteiger partial charge in [0.05, 0.1) is 35.0 Å². The van der Waals surface area contributed by atoms with Crippen LogP contribution in [0.5, 0.6) is 11.5 Å². The van der Waals surface area contributed by atoms with Gasteiger partial charge in [-0.3, -0.25) is 23.7 Å². The number of pyridine rings is 1. The molecule has 4 heterocycles. The number of imidazole rings is 1. The molecule has 1 unspecified atom stereocenters. The first kappa shape index (κ1) is 28.8. The van der Waals surface area contributed by atoms with Gasteiger partial charge in [-0.2, -0.15) is 0 Å². The maximum atomic E-state index is 13.8. The number of aliphatic hydroxyl groups is 1. The molecule has 1 amide bonds. The Morgan fingerprint density at radius 3 is 2.43 bits per heavy atom. The van der Waals surface area contributed by atoms with Crippen LogP contribution in [0.25, 0.3) is 11.4 Å². The fraction of sp³-hybridized carbons (Fsp3) is 0.182. The Kier molecular flexibility index (Phi) is 7.48. The van der Waals surface area contributed by atoms with E-state index in [1.54, 1.807) is 54.8 Å². The molecule has 3 aromatic heterocycles. The topological polar surface area (TPSA) is 123 Å². The van der Waals surface area contributed by atoms with E-state index in [9.17, 15) is 19.5 Å². The first-order chi connectivity index (χ1) is 21.2. The van der Waals surface area contributed by atoms with Crippen molar-refractivity contribution in [2.75, 3.05) is 12.0 Å². The fourth-order valence-electron chi connectivity index (χ4n) is 5.39. The van der Waals surface area contributed by atoms with Crippen LogP contribution in [0.1, 0.15) is 50.8 Å². The summed E-state index contributed by atoms with van der Waals surface area (Å²) in [5.74, 6) is -1.53. The van der Waals surface area contributed by atoms with Gasteiger partial charge in [0.2, 0.25) is 0 Å². The number of anilines is 1. The molecule has 0 saturated carbocycles. The quantitative estimate of drug-likeness (QED) is 0.101. The number of aryl methyl sites for hydroxylation is 2. The molecule has 10 nitrogen and oxygen atoms in total. The lowest BCUT2D eigenvalue weighted by molar-refractivity contribution is -0.132. The molecule has 1 fully saturated rings. The van der Waals surface area contributed by atoms with Crippen molar-refractivity contribution in [1.82, 2.24) is 14.4 Å². The molecular weight excluding hydrogens is 580 g/mol. The molecule has 1 atom stereocenters. The molecule has 6 rings (SSSR count). The molecule has 1 aliphatic rings. The number of hydrogen-bond donors (Lipinski definition) is 1. The maximum absolute atomic E-state index is 13.8. The lowest BCUT2D eigenvalue weighted by Gasteiger charge is -2.24. The van der Waals surface area contributed by atoms with Crippen molar-refractivity contribution in [2.45, 2.75) is 33.4 Å². The number of fused-ring (bicyclic) bond motifs is 1. The van der Waals surface area contributed by atoms with Gasteiger partial charge in [0, 0.05) is 13.1 Å². The van der Waals surface area contributed by atoms with Crippen molar-refractivity contribution in [3.8, 4) is 11.5 Å². The minimum Gasteiger partial charge on any atom is -0.505 e. The zero-order chi connectivity index (χ0) is 31.1. The zero-order valence-corrected chi connectivity index (χ0v) is 25.2. The van der Waals surface area contributed by atoms with Crippen LogP contribution in [0.15, 0.2) is 78.5 Å².